The number of fused-ring (bicyclic) bond motifs is 1. The molecule has 1 N–H and O–H groups in total. The lowest BCUT2D eigenvalue weighted by atomic mass is 9.80. The van der Waals surface area contributed by atoms with Crippen molar-refractivity contribution in [2.75, 3.05) is 26.0 Å². The van der Waals surface area contributed by atoms with Crippen molar-refractivity contribution in [3.63, 3.8) is 0 Å². The number of benzene rings is 2. The second-order valence-corrected chi connectivity index (χ2v) is 8.21. The molecular formula is C21H26BrClN2. The summed E-state index contributed by atoms with van der Waals surface area (Å²) < 4.78 is 1.10. The third kappa shape index (κ3) is 4.46. The highest BCUT2D eigenvalue weighted by Crippen LogP contribution is 2.45. The number of anilines is 1. The van der Waals surface area contributed by atoms with Gasteiger partial charge in [0, 0.05) is 27.6 Å². The van der Waals surface area contributed by atoms with Crippen molar-refractivity contribution in [2.24, 2.45) is 0 Å². The van der Waals surface area contributed by atoms with Crippen LogP contribution in [0, 0.1) is 0 Å². The second-order valence-electron chi connectivity index (χ2n) is 6.85. The molecule has 0 bridgehead atoms. The monoisotopic (exact) mass is 420 g/mol. The van der Waals surface area contributed by atoms with Crippen LogP contribution in [-0.2, 0) is 5.41 Å². The summed E-state index contributed by atoms with van der Waals surface area (Å²) in [7, 11) is 5.90. The lowest BCUT2D eigenvalue weighted by Crippen LogP contribution is -2.37. The van der Waals surface area contributed by atoms with Crippen LogP contribution in [0.5, 0.6) is 0 Å². The first kappa shape index (κ1) is 20.0. The van der Waals surface area contributed by atoms with Gasteiger partial charge in [-0.15, -0.1) is 0 Å². The Morgan fingerprint density at radius 2 is 1.84 bits per heavy atom. The molecule has 0 amide bonds. The molecule has 2 aromatic rings. The Morgan fingerprint density at radius 3 is 2.48 bits per heavy atom. The standard InChI is InChI=1S/C19H19BrClN.C2H7N/c1-19(2)16-12-15(21)8-9-17(16)22(3)18(19)10-7-13-5-4-6-14(20)11-13;1-3-2/h4-12,18H,1-3H3;3H,1-2H3. The number of nitrogens with zero attached hydrogens (tertiary/aromatic N) is 1. The van der Waals surface area contributed by atoms with Gasteiger partial charge in [-0.25, -0.2) is 0 Å². The summed E-state index contributed by atoms with van der Waals surface area (Å²) in [5.41, 5.74) is 3.80. The molecule has 0 fully saturated rings. The number of rotatable bonds is 2. The highest BCUT2D eigenvalue weighted by Gasteiger charge is 2.41. The van der Waals surface area contributed by atoms with Gasteiger partial charge in [-0.3, -0.25) is 0 Å². The van der Waals surface area contributed by atoms with Gasteiger partial charge >= 0.3 is 0 Å². The lowest BCUT2D eigenvalue weighted by molar-refractivity contribution is 0.489. The van der Waals surface area contributed by atoms with E-state index in [-0.39, 0.29) is 5.41 Å². The molecule has 0 aromatic heterocycles. The summed E-state index contributed by atoms with van der Waals surface area (Å²) in [4.78, 5) is 2.33. The van der Waals surface area contributed by atoms with E-state index in [1.54, 1.807) is 0 Å². The predicted molar refractivity (Wildman–Crippen MR) is 115 cm³/mol. The van der Waals surface area contributed by atoms with Gasteiger partial charge in [0.2, 0.25) is 0 Å². The van der Waals surface area contributed by atoms with Crippen LogP contribution in [0.15, 0.2) is 53.0 Å². The summed E-state index contributed by atoms with van der Waals surface area (Å²) in [6, 6.07) is 14.8. The second kappa shape index (κ2) is 8.39. The molecule has 2 nitrogen and oxygen atoms in total. The van der Waals surface area contributed by atoms with Crippen molar-refractivity contribution in [1.29, 1.82) is 0 Å². The maximum atomic E-state index is 6.19. The van der Waals surface area contributed by atoms with Gasteiger partial charge in [-0.1, -0.05) is 65.7 Å². The quantitative estimate of drug-likeness (QED) is 0.664. The minimum atomic E-state index is 0.0253. The first-order chi connectivity index (χ1) is 11.8. The van der Waals surface area contributed by atoms with E-state index in [1.165, 1.54) is 16.8 Å². The van der Waals surface area contributed by atoms with Crippen molar-refractivity contribution in [3.05, 3.63) is 69.2 Å². The van der Waals surface area contributed by atoms with E-state index in [0.29, 0.717) is 6.04 Å². The highest BCUT2D eigenvalue weighted by atomic mass is 79.9. The molecule has 1 aliphatic rings. The van der Waals surface area contributed by atoms with Crippen LogP contribution in [-0.4, -0.2) is 27.2 Å². The Hall–Kier alpha value is -1.29. The van der Waals surface area contributed by atoms with Crippen LogP contribution in [0.25, 0.3) is 6.08 Å². The average molecular weight is 422 g/mol. The SMILES string of the molecule is CN1c2ccc(Cl)cc2C(C)(C)C1C=Cc1cccc(Br)c1.CNC. The van der Waals surface area contributed by atoms with Gasteiger partial charge in [-0.2, -0.15) is 0 Å². The Bertz CT molecular complexity index is 755. The summed E-state index contributed by atoms with van der Waals surface area (Å²) in [6.07, 6.45) is 4.48. The summed E-state index contributed by atoms with van der Waals surface area (Å²) in [5.74, 6) is 0. The molecule has 134 valence electrons. The van der Waals surface area contributed by atoms with E-state index < -0.39 is 0 Å². The molecule has 2 aromatic carbocycles. The summed E-state index contributed by atoms with van der Waals surface area (Å²) in [5, 5.41) is 3.55. The van der Waals surface area contributed by atoms with E-state index in [2.05, 4.69) is 89.5 Å². The first-order valence-electron chi connectivity index (χ1n) is 8.36. The number of likely N-dealkylation sites (N-methyl/N-ethyl adjacent to an activating group) is 1. The average Bonchev–Trinajstić information content (AvgIpc) is 2.73. The Balaban J connectivity index is 0.000000701. The third-order valence-electron chi connectivity index (χ3n) is 4.51. The Morgan fingerprint density at radius 1 is 1.16 bits per heavy atom. The molecule has 1 unspecified atom stereocenters. The van der Waals surface area contributed by atoms with E-state index in [1.807, 2.05) is 26.2 Å². The number of hydrogen-bond acceptors (Lipinski definition) is 2. The third-order valence-corrected chi connectivity index (χ3v) is 5.24. The van der Waals surface area contributed by atoms with Crippen LogP contribution < -0.4 is 10.2 Å². The van der Waals surface area contributed by atoms with Crippen molar-refractivity contribution < 1.29 is 0 Å². The lowest BCUT2D eigenvalue weighted by Gasteiger charge is -2.29. The van der Waals surface area contributed by atoms with Crippen LogP contribution in [0.2, 0.25) is 5.02 Å². The molecule has 0 aliphatic carbocycles. The Labute approximate surface area is 165 Å². The van der Waals surface area contributed by atoms with Gasteiger partial charge in [-0.05, 0) is 55.6 Å². The highest BCUT2D eigenvalue weighted by molar-refractivity contribution is 9.10. The van der Waals surface area contributed by atoms with Crippen molar-refractivity contribution in [3.8, 4) is 0 Å². The fourth-order valence-electron chi connectivity index (χ4n) is 3.31. The summed E-state index contributed by atoms with van der Waals surface area (Å²) >= 11 is 9.72. The van der Waals surface area contributed by atoms with Crippen LogP contribution in [0.4, 0.5) is 5.69 Å². The first-order valence-corrected chi connectivity index (χ1v) is 9.53. The van der Waals surface area contributed by atoms with E-state index in [9.17, 15) is 0 Å². The fraction of sp³-hybridized carbons (Fsp3) is 0.333. The molecule has 3 rings (SSSR count). The zero-order valence-corrected chi connectivity index (χ0v) is 17.8. The molecule has 1 aliphatic heterocycles. The van der Waals surface area contributed by atoms with Gasteiger partial charge < -0.3 is 10.2 Å². The van der Waals surface area contributed by atoms with Crippen molar-refractivity contribution >= 4 is 39.3 Å². The molecule has 0 radical (unpaired) electrons. The topological polar surface area (TPSA) is 15.3 Å². The van der Waals surface area contributed by atoms with Gasteiger partial charge in [0.05, 0.1) is 6.04 Å². The largest absolute Gasteiger partial charge is 0.367 e. The van der Waals surface area contributed by atoms with Crippen LogP contribution in [0.1, 0.15) is 25.0 Å². The minimum Gasteiger partial charge on any atom is -0.367 e. The smallest absolute Gasteiger partial charge is 0.0565 e. The van der Waals surface area contributed by atoms with E-state index in [0.717, 1.165) is 9.50 Å². The van der Waals surface area contributed by atoms with Gasteiger partial charge in [0.15, 0.2) is 0 Å². The normalized spacial score (nSPS) is 18.0. The van der Waals surface area contributed by atoms with Crippen LogP contribution >= 0.6 is 27.5 Å². The summed E-state index contributed by atoms with van der Waals surface area (Å²) in [6.45, 7) is 4.56. The number of nitrogens with one attached hydrogen (secondary N) is 1. The fourth-order valence-corrected chi connectivity index (χ4v) is 3.90. The van der Waals surface area contributed by atoms with E-state index >= 15 is 0 Å². The molecule has 4 heteroatoms. The van der Waals surface area contributed by atoms with Gasteiger partial charge in [0.1, 0.15) is 0 Å². The molecule has 0 saturated carbocycles. The van der Waals surface area contributed by atoms with Crippen molar-refractivity contribution in [1.82, 2.24) is 5.32 Å². The molecule has 1 atom stereocenters. The number of halogens is 2. The van der Waals surface area contributed by atoms with Gasteiger partial charge in [0.25, 0.3) is 0 Å². The molecule has 1 heterocycles. The molecular weight excluding hydrogens is 396 g/mol. The number of hydrogen-bond donors (Lipinski definition) is 1. The zero-order chi connectivity index (χ0) is 18.6. The minimum absolute atomic E-state index is 0.0253. The predicted octanol–water partition coefficient (Wildman–Crippen LogP) is 5.75. The van der Waals surface area contributed by atoms with Crippen LogP contribution in [0.3, 0.4) is 0 Å². The van der Waals surface area contributed by atoms with Crippen molar-refractivity contribution in [2.45, 2.75) is 25.3 Å². The Kier molecular flexibility index (Phi) is 6.72. The molecule has 0 saturated heterocycles. The van der Waals surface area contributed by atoms with E-state index in [4.69, 9.17) is 11.6 Å². The maximum absolute atomic E-state index is 6.19. The zero-order valence-electron chi connectivity index (χ0n) is 15.5. The maximum Gasteiger partial charge on any atom is 0.0565 e. The molecule has 25 heavy (non-hydrogen) atoms. The molecule has 0 spiro atoms.